The Kier molecular flexibility index (Phi) is 3.63. The molecule has 4 aromatic rings. The van der Waals surface area contributed by atoms with E-state index in [2.05, 4.69) is 0 Å². The van der Waals surface area contributed by atoms with Crippen LogP contribution in [0, 0.1) is 0 Å². The van der Waals surface area contributed by atoms with Gasteiger partial charge < -0.3 is 5.11 Å². The molecule has 0 spiro atoms. The molecule has 24 heavy (non-hydrogen) atoms. The van der Waals surface area contributed by atoms with Gasteiger partial charge in [0.05, 0.1) is 6.54 Å². The van der Waals surface area contributed by atoms with E-state index in [1.165, 1.54) is 11.3 Å². The van der Waals surface area contributed by atoms with Crippen LogP contribution >= 0.6 is 11.3 Å². The van der Waals surface area contributed by atoms with Gasteiger partial charge in [0.2, 0.25) is 0 Å². The van der Waals surface area contributed by atoms with Crippen LogP contribution < -0.4 is 0 Å². The van der Waals surface area contributed by atoms with E-state index in [0.29, 0.717) is 11.4 Å². The summed E-state index contributed by atoms with van der Waals surface area (Å²) in [6.07, 6.45) is 0. The first kappa shape index (κ1) is 14.7. The van der Waals surface area contributed by atoms with Crippen molar-refractivity contribution in [3.63, 3.8) is 0 Å². The van der Waals surface area contributed by atoms with Crippen molar-refractivity contribution in [2.75, 3.05) is 0 Å². The largest absolute Gasteiger partial charge is 0.477 e. The third kappa shape index (κ3) is 2.59. The highest BCUT2D eigenvalue weighted by molar-refractivity contribution is 7.20. The number of rotatable bonds is 4. The Morgan fingerprint density at radius 1 is 1.04 bits per heavy atom. The number of benzene rings is 2. The van der Waals surface area contributed by atoms with Gasteiger partial charge in [-0.2, -0.15) is 5.10 Å². The topological polar surface area (TPSA) is 55.1 Å². The molecule has 4 nitrogen and oxygen atoms in total. The van der Waals surface area contributed by atoms with Gasteiger partial charge in [0, 0.05) is 10.9 Å². The summed E-state index contributed by atoms with van der Waals surface area (Å²) >= 11 is 1.27. The van der Waals surface area contributed by atoms with Crippen molar-refractivity contribution in [3.05, 3.63) is 77.2 Å². The highest BCUT2D eigenvalue weighted by Gasteiger charge is 2.18. The molecular weight excluding hydrogens is 320 g/mol. The minimum absolute atomic E-state index is 0.335. The first-order valence-corrected chi connectivity index (χ1v) is 8.37. The van der Waals surface area contributed by atoms with E-state index < -0.39 is 5.97 Å². The fourth-order valence-corrected chi connectivity index (χ4v) is 3.69. The van der Waals surface area contributed by atoms with E-state index in [4.69, 9.17) is 5.10 Å². The van der Waals surface area contributed by atoms with Gasteiger partial charge in [-0.25, -0.2) is 9.48 Å². The molecule has 0 atom stereocenters. The van der Waals surface area contributed by atoms with Crippen molar-refractivity contribution < 1.29 is 9.90 Å². The second kappa shape index (κ2) is 5.94. The number of aromatic carboxylic acids is 1. The minimum atomic E-state index is -0.901. The van der Waals surface area contributed by atoms with E-state index in [0.717, 1.165) is 27.0 Å². The normalized spacial score (nSPS) is 11.0. The Bertz CT molecular complexity index is 1000. The fraction of sp³-hybridized carbons (Fsp3) is 0.0526. The van der Waals surface area contributed by atoms with Crippen LogP contribution in [0.5, 0.6) is 0 Å². The molecule has 4 rings (SSSR count). The Labute approximate surface area is 142 Å². The van der Waals surface area contributed by atoms with Crippen LogP contribution in [-0.2, 0) is 6.54 Å². The van der Waals surface area contributed by atoms with Crippen molar-refractivity contribution in [1.82, 2.24) is 9.78 Å². The maximum atomic E-state index is 11.4. The van der Waals surface area contributed by atoms with Crippen LogP contribution in [0.4, 0.5) is 0 Å². The summed E-state index contributed by atoms with van der Waals surface area (Å²) < 4.78 is 1.89. The van der Waals surface area contributed by atoms with E-state index in [9.17, 15) is 9.90 Å². The Balaban J connectivity index is 1.88. The summed E-state index contributed by atoms with van der Waals surface area (Å²) in [4.78, 5) is 12.6. The molecule has 0 amide bonds. The number of carboxylic acid groups (broad SMARTS) is 1. The molecule has 5 heteroatoms. The molecule has 0 saturated carbocycles. The molecule has 0 radical (unpaired) electrons. The lowest BCUT2D eigenvalue weighted by Gasteiger charge is -2.02. The summed E-state index contributed by atoms with van der Waals surface area (Å²) in [6, 6.07) is 21.6. The van der Waals surface area contributed by atoms with Crippen LogP contribution in [0.15, 0.2) is 66.7 Å². The summed E-state index contributed by atoms with van der Waals surface area (Å²) in [5, 5.41) is 15.0. The lowest BCUT2D eigenvalue weighted by atomic mass is 10.1. The smallest absolute Gasteiger partial charge is 0.345 e. The van der Waals surface area contributed by atoms with Crippen molar-refractivity contribution in [3.8, 4) is 11.3 Å². The summed E-state index contributed by atoms with van der Waals surface area (Å²) in [6.45, 7) is 0.615. The average Bonchev–Trinajstić information content (AvgIpc) is 3.17. The number of hydrogen-bond acceptors (Lipinski definition) is 3. The zero-order chi connectivity index (χ0) is 16.5. The Morgan fingerprint density at radius 3 is 2.38 bits per heavy atom. The van der Waals surface area contributed by atoms with Crippen LogP contribution in [0.3, 0.4) is 0 Å². The number of carbonyl (C=O) groups is 1. The molecule has 0 fully saturated rings. The summed E-state index contributed by atoms with van der Waals surface area (Å²) in [5.74, 6) is -0.901. The molecule has 0 bridgehead atoms. The highest BCUT2D eigenvalue weighted by atomic mass is 32.1. The average molecular weight is 334 g/mol. The van der Waals surface area contributed by atoms with E-state index >= 15 is 0 Å². The molecule has 0 aliphatic carbocycles. The Morgan fingerprint density at radius 2 is 1.71 bits per heavy atom. The zero-order valence-corrected chi connectivity index (χ0v) is 13.5. The lowest BCUT2D eigenvalue weighted by molar-refractivity contribution is 0.0702. The van der Waals surface area contributed by atoms with E-state index in [-0.39, 0.29) is 0 Å². The summed E-state index contributed by atoms with van der Waals surface area (Å²) in [7, 11) is 0. The third-order valence-corrected chi connectivity index (χ3v) is 4.99. The highest BCUT2D eigenvalue weighted by Crippen LogP contribution is 2.34. The van der Waals surface area contributed by atoms with Crippen molar-refractivity contribution in [1.29, 1.82) is 0 Å². The molecule has 2 aromatic carbocycles. The number of aromatic nitrogens is 2. The van der Waals surface area contributed by atoms with E-state index in [1.807, 2.05) is 65.3 Å². The second-order valence-electron chi connectivity index (χ2n) is 5.49. The first-order chi connectivity index (χ1) is 11.7. The van der Waals surface area contributed by atoms with Gasteiger partial charge in [-0.15, -0.1) is 11.3 Å². The second-order valence-corrected chi connectivity index (χ2v) is 6.52. The SMILES string of the molecule is O=C(O)c1cc2c(-c3ccccc3)nn(Cc3ccccc3)c2s1. The molecular formula is C19H14N2O2S. The third-order valence-electron chi connectivity index (χ3n) is 3.86. The van der Waals surface area contributed by atoms with Gasteiger partial charge in [-0.1, -0.05) is 60.7 Å². The van der Waals surface area contributed by atoms with Gasteiger partial charge in [-0.3, -0.25) is 0 Å². The summed E-state index contributed by atoms with van der Waals surface area (Å²) in [5.41, 5.74) is 2.95. The number of carboxylic acids is 1. The molecule has 2 aromatic heterocycles. The van der Waals surface area contributed by atoms with Crippen molar-refractivity contribution >= 4 is 27.5 Å². The molecule has 118 valence electrons. The van der Waals surface area contributed by atoms with Gasteiger partial charge in [0.1, 0.15) is 15.4 Å². The first-order valence-electron chi connectivity index (χ1n) is 7.55. The van der Waals surface area contributed by atoms with Crippen LogP contribution in [0.25, 0.3) is 21.5 Å². The van der Waals surface area contributed by atoms with Crippen molar-refractivity contribution in [2.45, 2.75) is 6.54 Å². The fourth-order valence-electron chi connectivity index (χ4n) is 2.74. The van der Waals surface area contributed by atoms with E-state index in [1.54, 1.807) is 6.07 Å². The van der Waals surface area contributed by atoms with Gasteiger partial charge in [-0.05, 0) is 11.6 Å². The van der Waals surface area contributed by atoms with Crippen LogP contribution in [-0.4, -0.2) is 20.9 Å². The molecule has 2 heterocycles. The predicted octanol–water partition coefficient (Wildman–Crippen LogP) is 4.51. The monoisotopic (exact) mass is 334 g/mol. The maximum Gasteiger partial charge on any atom is 0.345 e. The Hall–Kier alpha value is -2.92. The maximum absolute atomic E-state index is 11.4. The molecule has 0 aliphatic heterocycles. The van der Waals surface area contributed by atoms with Crippen molar-refractivity contribution in [2.24, 2.45) is 0 Å². The number of fused-ring (bicyclic) bond motifs is 1. The molecule has 0 unspecified atom stereocenters. The number of nitrogens with zero attached hydrogens (tertiary/aromatic N) is 2. The van der Waals surface area contributed by atoms with Crippen LogP contribution in [0.1, 0.15) is 15.2 Å². The van der Waals surface area contributed by atoms with Gasteiger partial charge >= 0.3 is 5.97 Å². The number of hydrogen-bond donors (Lipinski definition) is 1. The zero-order valence-electron chi connectivity index (χ0n) is 12.7. The van der Waals surface area contributed by atoms with Crippen LogP contribution in [0.2, 0.25) is 0 Å². The van der Waals surface area contributed by atoms with Gasteiger partial charge in [0.15, 0.2) is 0 Å². The predicted molar refractivity (Wildman–Crippen MR) is 95.5 cm³/mol. The number of thiophene rings is 1. The molecule has 1 N–H and O–H groups in total. The van der Waals surface area contributed by atoms with Gasteiger partial charge in [0.25, 0.3) is 0 Å². The lowest BCUT2D eigenvalue weighted by Crippen LogP contribution is -2.01. The molecule has 0 saturated heterocycles. The minimum Gasteiger partial charge on any atom is -0.477 e. The quantitative estimate of drug-likeness (QED) is 0.597. The standard InChI is InChI=1S/C19H14N2O2S/c22-19(23)16-11-15-17(14-9-5-2-6-10-14)20-21(18(15)24-16)12-13-7-3-1-4-8-13/h1-11H,12H2,(H,22,23). The molecule has 0 aliphatic rings.